The van der Waals surface area contributed by atoms with Gasteiger partial charge < -0.3 is 15.2 Å². The first-order chi connectivity index (χ1) is 10.3. The van der Waals surface area contributed by atoms with E-state index in [1.807, 2.05) is 33.8 Å². The molecule has 0 spiro atoms. The maximum absolute atomic E-state index is 12.2. The van der Waals surface area contributed by atoms with Crippen LogP contribution in [0.2, 0.25) is 0 Å². The van der Waals surface area contributed by atoms with Gasteiger partial charge in [0.15, 0.2) is 0 Å². The Morgan fingerprint density at radius 2 is 2.09 bits per heavy atom. The van der Waals surface area contributed by atoms with Crippen molar-refractivity contribution in [3.05, 3.63) is 33.2 Å². The summed E-state index contributed by atoms with van der Waals surface area (Å²) >= 11 is 0. The second-order valence-electron chi connectivity index (χ2n) is 6.20. The number of carbonyl (C=O) groups excluding carboxylic acids is 2. The summed E-state index contributed by atoms with van der Waals surface area (Å²) in [6, 6.07) is 1.98. The second-order valence-corrected chi connectivity index (χ2v) is 6.20. The summed E-state index contributed by atoms with van der Waals surface area (Å²) in [7, 11) is 0. The number of carbonyl (C=O) groups is 2. The molecule has 22 heavy (non-hydrogen) atoms. The van der Waals surface area contributed by atoms with Crippen molar-refractivity contribution < 1.29 is 9.59 Å². The van der Waals surface area contributed by atoms with Gasteiger partial charge in [-0.2, -0.15) is 0 Å². The molecule has 0 aromatic carbocycles. The molecule has 1 fully saturated rings. The molecular formula is C16H23N3O3. The van der Waals surface area contributed by atoms with Crippen molar-refractivity contribution in [2.75, 3.05) is 6.54 Å². The third kappa shape index (κ3) is 3.37. The molecule has 2 N–H and O–H groups in total. The van der Waals surface area contributed by atoms with Crippen LogP contribution in [0, 0.1) is 19.8 Å². The maximum Gasteiger partial charge on any atom is 0.253 e. The summed E-state index contributed by atoms with van der Waals surface area (Å²) < 4.78 is 0. The molecule has 2 heterocycles. The molecular weight excluding hydrogens is 282 g/mol. The van der Waals surface area contributed by atoms with Crippen LogP contribution >= 0.6 is 0 Å². The van der Waals surface area contributed by atoms with E-state index in [1.165, 1.54) is 0 Å². The zero-order chi connectivity index (χ0) is 16.4. The van der Waals surface area contributed by atoms with Gasteiger partial charge in [-0.05, 0) is 39.3 Å². The normalized spacial score (nSPS) is 18.1. The van der Waals surface area contributed by atoms with Gasteiger partial charge in [-0.1, -0.05) is 0 Å². The van der Waals surface area contributed by atoms with Crippen molar-refractivity contribution in [3.8, 4) is 0 Å². The first-order valence-electron chi connectivity index (χ1n) is 7.56. The highest BCUT2D eigenvalue weighted by Crippen LogP contribution is 2.20. The Morgan fingerprint density at radius 3 is 2.64 bits per heavy atom. The number of rotatable bonds is 4. The van der Waals surface area contributed by atoms with E-state index in [0.717, 1.165) is 11.3 Å². The SMILES string of the molecule is Cc1cc(C)c(CNC(=O)[C@@H]2CC(=O)N(C(C)C)C2)c(=O)[nH]1. The number of H-pyrrole nitrogens is 1. The maximum atomic E-state index is 12.2. The van der Waals surface area contributed by atoms with Crippen LogP contribution in [0.25, 0.3) is 0 Å². The van der Waals surface area contributed by atoms with E-state index in [1.54, 1.807) is 4.90 Å². The minimum absolute atomic E-state index is 0.0134. The number of amides is 2. The summed E-state index contributed by atoms with van der Waals surface area (Å²) in [6.07, 6.45) is 0.243. The molecule has 6 heteroatoms. The monoisotopic (exact) mass is 305 g/mol. The summed E-state index contributed by atoms with van der Waals surface area (Å²) in [4.78, 5) is 40.4. The van der Waals surface area contributed by atoms with Crippen molar-refractivity contribution in [3.63, 3.8) is 0 Å². The quantitative estimate of drug-likeness (QED) is 0.866. The number of hydrogen-bond acceptors (Lipinski definition) is 3. The number of aromatic amines is 1. The molecule has 0 bridgehead atoms. The van der Waals surface area contributed by atoms with E-state index < -0.39 is 0 Å². The fraction of sp³-hybridized carbons (Fsp3) is 0.562. The Kier molecular flexibility index (Phi) is 4.68. The largest absolute Gasteiger partial charge is 0.351 e. The molecule has 1 atom stereocenters. The lowest BCUT2D eigenvalue weighted by molar-refractivity contribution is -0.130. The molecule has 0 unspecified atom stereocenters. The van der Waals surface area contributed by atoms with Gasteiger partial charge in [0, 0.05) is 36.8 Å². The fourth-order valence-corrected chi connectivity index (χ4v) is 2.83. The lowest BCUT2D eigenvalue weighted by Gasteiger charge is -2.20. The van der Waals surface area contributed by atoms with Gasteiger partial charge in [0.05, 0.1) is 5.92 Å². The minimum atomic E-state index is -0.334. The number of aromatic nitrogens is 1. The lowest BCUT2D eigenvalue weighted by Crippen LogP contribution is -2.36. The second kappa shape index (κ2) is 6.34. The van der Waals surface area contributed by atoms with Crippen molar-refractivity contribution in [2.45, 2.75) is 46.7 Å². The fourth-order valence-electron chi connectivity index (χ4n) is 2.83. The number of nitrogens with zero attached hydrogens (tertiary/aromatic N) is 1. The Bertz CT molecular complexity index is 649. The van der Waals surface area contributed by atoms with E-state index in [2.05, 4.69) is 10.3 Å². The van der Waals surface area contributed by atoms with Gasteiger partial charge >= 0.3 is 0 Å². The molecule has 0 radical (unpaired) electrons. The van der Waals surface area contributed by atoms with Crippen molar-refractivity contribution in [1.82, 2.24) is 15.2 Å². The standard InChI is InChI=1S/C16H23N3O3/c1-9(2)19-8-12(6-14(19)20)15(21)17-7-13-10(3)5-11(4)18-16(13)22/h5,9,12H,6-8H2,1-4H3,(H,17,21)(H,18,22)/t12-/m1/s1. The highest BCUT2D eigenvalue weighted by atomic mass is 16.2. The molecule has 2 amide bonds. The number of nitrogens with one attached hydrogen (secondary N) is 2. The summed E-state index contributed by atoms with van der Waals surface area (Å²) in [5, 5.41) is 2.78. The van der Waals surface area contributed by atoms with E-state index >= 15 is 0 Å². The van der Waals surface area contributed by atoms with Crippen LogP contribution in [-0.2, 0) is 16.1 Å². The van der Waals surface area contributed by atoms with Gasteiger partial charge in [0.2, 0.25) is 11.8 Å². The van der Waals surface area contributed by atoms with Gasteiger partial charge in [-0.15, -0.1) is 0 Å². The Balaban J connectivity index is 2.00. The van der Waals surface area contributed by atoms with E-state index in [-0.39, 0.29) is 42.3 Å². The van der Waals surface area contributed by atoms with Crippen LogP contribution in [0.3, 0.4) is 0 Å². The van der Waals surface area contributed by atoms with Crippen LogP contribution < -0.4 is 10.9 Å². The average molecular weight is 305 g/mol. The van der Waals surface area contributed by atoms with Gasteiger partial charge in [-0.25, -0.2) is 0 Å². The smallest absolute Gasteiger partial charge is 0.253 e. The molecule has 1 aliphatic rings. The molecule has 1 aliphatic heterocycles. The van der Waals surface area contributed by atoms with Crippen molar-refractivity contribution in [2.24, 2.45) is 5.92 Å². The number of hydrogen-bond donors (Lipinski definition) is 2. The molecule has 120 valence electrons. The Hall–Kier alpha value is -2.11. The molecule has 2 rings (SSSR count). The molecule has 0 saturated carbocycles. The van der Waals surface area contributed by atoms with E-state index in [9.17, 15) is 14.4 Å². The van der Waals surface area contributed by atoms with E-state index in [4.69, 9.17) is 0 Å². The molecule has 1 aromatic rings. The van der Waals surface area contributed by atoms with Crippen LogP contribution in [0.1, 0.15) is 37.1 Å². The zero-order valence-corrected chi connectivity index (χ0v) is 13.5. The van der Waals surface area contributed by atoms with E-state index in [0.29, 0.717) is 12.1 Å². The number of likely N-dealkylation sites (tertiary alicyclic amines) is 1. The predicted octanol–water partition coefficient (Wildman–Crippen LogP) is 0.865. The summed E-state index contributed by atoms with van der Waals surface area (Å²) in [6.45, 7) is 8.18. The predicted molar refractivity (Wildman–Crippen MR) is 83.3 cm³/mol. The molecule has 1 aromatic heterocycles. The average Bonchev–Trinajstić information content (AvgIpc) is 2.79. The number of aryl methyl sites for hydroxylation is 2. The third-order valence-electron chi connectivity index (χ3n) is 4.09. The van der Waals surface area contributed by atoms with Crippen molar-refractivity contribution >= 4 is 11.8 Å². The zero-order valence-electron chi connectivity index (χ0n) is 13.5. The molecule has 1 saturated heterocycles. The Labute approximate surface area is 129 Å². The highest BCUT2D eigenvalue weighted by molar-refractivity contribution is 5.89. The van der Waals surface area contributed by atoms with Crippen LogP contribution in [0.4, 0.5) is 0 Å². The van der Waals surface area contributed by atoms with Gasteiger partial charge in [-0.3, -0.25) is 14.4 Å². The Morgan fingerprint density at radius 1 is 1.41 bits per heavy atom. The number of pyridine rings is 1. The van der Waals surface area contributed by atoms with Crippen LogP contribution in [-0.4, -0.2) is 34.3 Å². The van der Waals surface area contributed by atoms with Crippen LogP contribution in [0.15, 0.2) is 10.9 Å². The van der Waals surface area contributed by atoms with Gasteiger partial charge in [0.1, 0.15) is 0 Å². The summed E-state index contributed by atoms with van der Waals surface area (Å²) in [5.41, 5.74) is 2.03. The topological polar surface area (TPSA) is 82.3 Å². The van der Waals surface area contributed by atoms with Crippen LogP contribution in [0.5, 0.6) is 0 Å². The minimum Gasteiger partial charge on any atom is -0.351 e. The van der Waals surface area contributed by atoms with Gasteiger partial charge in [0.25, 0.3) is 5.56 Å². The molecule has 6 nitrogen and oxygen atoms in total. The first kappa shape index (κ1) is 16.3. The third-order valence-corrected chi connectivity index (χ3v) is 4.09. The first-order valence-corrected chi connectivity index (χ1v) is 7.56. The van der Waals surface area contributed by atoms with Crippen molar-refractivity contribution in [1.29, 1.82) is 0 Å². The lowest BCUT2D eigenvalue weighted by atomic mass is 10.1. The highest BCUT2D eigenvalue weighted by Gasteiger charge is 2.35. The molecule has 0 aliphatic carbocycles. The summed E-state index contributed by atoms with van der Waals surface area (Å²) in [5.74, 6) is -0.491.